The minimum absolute atomic E-state index is 0.0521. The summed E-state index contributed by atoms with van der Waals surface area (Å²) in [5.74, 6) is -0.513. The van der Waals surface area contributed by atoms with Gasteiger partial charge in [-0.1, -0.05) is 19.3 Å². The molecule has 1 spiro atoms. The predicted molar refractivity (Wildman–Crippen MR) is 82.7 cm³/mol. The Morgan fingerprint density at radius 3 is 2.65 bits per heavy atom. The zero-order valence-corrected chi connectivity index (χ0v) is 13.7. The molecule has 7 heteroatoms. The first-order chi connectivity index (χ1) is 11.0. The number of nitrogens with one attached hydrogen (secondary N) is 1. The summed E-state index contributed by atoms with van der Waals surface area (Å²) in [5.41, 5.74) is -0.718. The number of carbonyl (C=O) groups excluding carboxylic acids is 3. The van der Waals surface area contributed by atoms with Crippen molar-refractivity contribution in [2.45, 2.75) is 56.6 Å². The standard InChI is InChI=1S/C16H25N3O4/c1-18-15(22)19(14(21)16(18)7-3-2-4-8-16)11-13(20)17-10-12-6-5-9-23-12/h12H,2-11H2,1H3,(H,17,20)/t12-/m0/s1. The second-order valence-corrected chi connectivity index (χ2v) is 6.76. The molecule has 128 valence electrons. The summed E-state index contributed by atoms with van der Waals surface area (Å²) in [4.78, 5) is 39.9. The lowest BCUT2D eigenvalue weighted by atomic mass is 9.81. The number of carbonyl (C=O) groups is 3. The van der Waals surface area contributed by atoms with E-state index in [0.717, 1.165) is 43.6 Å². The van der Waals surface area contributed by atoms with Gasteiger partial charge in [-0.25, -0.2) is 4.79 Å². The van der Waals surface area contributed by atoms with Gasteiger partial charge in [-0.05, 0) is 25.7 Å². The smallest absolute Gasteiger partial charge is 0.327 e. The monoisotopic (exact) mass is 323 g/mol. The summed E-state index contributed by atoms with van der Waals surface area (Å²) in [5, 5.41) is 2.77. The number of urea groups is 1. The molecule has 7 nitrogen and oxygen atoms in total. The largest absolute Gasteiger partial charge is 0.376 e. The van der Waals surface area contributed by atoms with Crippen LogP contribution in [0.1, 0.15) is 44.9 Å². The maximum atomic E-state index is 12.8. The molecular formula is C16H25N3O4. The van der Waals surface area contributed by atoms with E-state index >= 15 is 0 Å². The van der Waals surface area contributed by atoms with E-state index in [-0.39, 0.29) is 30.5 Å². The number of likely N-dealkylation sites (N-methyl/N-ethyl adjacent to an activating group) is 1. The number of imide groups is 1. The third kappa shape index (κ3) is 2.94. The molecule has 1 N–H and O–H groups in total. The average molecular weight is 323 g/mol. The molecule has 0 aromatic rings. The van der Waals surface area contributed by atoms with Crippen LogP contribution in [0.4, 0.5) is 4.79 Å². The van der Waals surface area contributed by atoms with Gasteiger partial charge in [0.15, 0.2) is 0 Å². The van der Waals surface area contributed by atoms with Crippen LogP contribution in [0.3, 0.4) is 0 Å². The number of nitrogens with zero attached hydrogens (tertiary/aromatic N) is 2. The summed E-state index contributed by atoms with van der Waals surface area (Å²) < 4.78 is 5.45. The summed E-state index contributed by atoms with van der Waals surface area (Å²) in [6.07, 6.45) is 6.38. The van der Waals surface area contributed by atoms with Crippen molar-refractivity contribution < 1.29 is 19.1 Å². The Hall–Kier alpha value is -1.63. The van der Waals surface area contributed by atoms with Crippen LogP contribution in [0, 0.1) is 0 Å². The van der Waals surface area contributed by atoms with Crippen LogP contribution < -0.4 is 5.32 Å². The predicted octanol–water partition coefficient (Wildman–Crippen LogP) is 0.878. The molecule has 0 radical (unpaired) electrons. The molecule has 1 atom stereocenters. The van der Waals surface area contributed by atoms with Gasteiger partial charge in [-0.2, -0.15) is 0 Å². The Bertz CT molecular complexity index is 496. The van der Waals surface area contributed by atoms with Gasteiger partial charge >= 0.3 is 6.03 Å². The number of ether oxygens (including phenoxy) is 1. The van der Waals surface area contributed by atoms with Crippen LogP contribution in [0.5, 0.6) is 0 Å². The quantitative estimate of drug-likeness (QED) is 0.779. The normalized spacial score (nSPS) is 27.1. The Kier molecular flexibility index (Phi) is 4.57. The van der Waals surface area contributed by atoms with Crippen molar-refractivity contribution in [3.8, 4) is 0 Å². The average Bonchev–Trinajstić information content (AvgIpc) is 3.14. The van der Waals surface area contributed by atoms with Crippen LogP contribution in [-0.4, -0.2) is 66.0 Å². The van der Waals surface area contributed by atoms with Crippen LogP contribution in [-0.2, 0) is 14.3 Å². The zero-order valence-electron chi connectivity index (χ0n) is 13.7. The van der Waals surface area contributed by atoms with Gasteiger partial charge in [0.2, 0.25) is 5.91 Å². The number of rotatable bonds is 4. The highest BCUT2D eigenvalue weighted by atomic mass is 16.5. The molecule has 2 aliphatic heterocycles. The molecule has 2 saturated heterocycles. The molecule has 0 unspecified atom stereocenters. The maximum Gasteiger partial charge on any atom is 0.327 e. The van der Waals surface area contributed by atoms with Crippen molar-refractivity contribution >= 4 is 17.8 Å². The van der Waals surface area contributed by atoms with Gasteiger partial charge in [0.25, 0.3) is 5.91 Å². The van der Waals surface area contributed by atoms with Crippen molar-refractivity contribution in [2.24, 2.45) is 0 Å². The zero-order chi connectivity index (χ0) is 16.4. The molecule has 0 bridgehead atoms. The lowest BCUT2D eigenvalue weighted by Crippen LogP contribution is -2.49. The van der Waals surface area contributed by atoms with Gasteiger partial charge in [0.05, 0.1) is 6.10 Å². The topological polar surface area (TPSA) is 79.0 Å². The molecule has 23 heavy (non-hydrogen) atoms. The molecule has 0 aromatic heterocycles. The van der Waals surface area contributed by atoms with E-state index in [1.165, 1.54) is 0 Å². The Labute approximate surface area is 136 Å². The van der Waals surface area contributed by atoms with E-state index in [0.29, 0.717) is 19.4 Å². The number of hydrogen-bond acceptors (Lipinski definition) is 4. The number of hydrogen-bond donors (Lipinski definition) is 1. The fourth-order valence-corrected chi connectivity index (χ4v) is 3.90. The Balaban J connectivity index is 1.59. The first-order valence-corrected chi connectivity index (χ1v) is 8.53. The van der Waals surface area contributed by atoms with Crippen LogP contribution in [0.2, 0.25) is 0 Å². The molecule has 3 rings (SSSR count). The van der Waals surface area contributed by atoms with Crippen molar-refractivity contribution in [3.05, 3.63) is 0 Å². The van der Waals surface area contributed by atoms with E-state index in [9.17, 15) is 14.4 Å². The van der Waals surface area contributed by atoms with E-state index in [1.54, 1.807) is 11.9 Å². The molecule has 2 heterocycles. The Morgan fingerprint density at radius 1 is 1.26 bits per heavy atom. The van der Waals surface area contributed by atoms with Crippen LogP contribution in [0.25, 0.3) is 0 Å². The van der Waals surface area contributed by atoms with Crippen molar-refractivity contribution in [3.63, 3.8) is 0 Å². The molecule has 3 fully saturated rings. The van der Waals surface area contributed by atoms with Crippen molar-refractivity contribution in [2.75, 3.05) is 26.7 Å². The van der Waals surface area contributed by atoms with Gasteiger partial charge in [-0.3, -0.25) is 14.5 Å². The molecule has 0 aromatic carbocycles. The molecular weight excluding hydrogens is 298 g/mol. The maximum absolute atomic E-state index is 12.8. The van der Waals surface area contributed by atoms with Crippen molar-refractivity contribution in [1.82, 2.24) is 15.1 Å². The summed E-state index contributed by atoms with van der Waals surface area (Å²) >= 11 is 0. The minimum atomic E-state index is -0.718. The highest BCUT2D eigenvalue weighted by molar-refractivity contribution is 6.08. The summed E-state index contributed by atoms with van der Waals surface area (Å²) in [6, 6.07) is -0.357. The second kappa shape index (κ2) is 6.47. The van der Waals surface area contributed by atoms with Gasteiger partial charge < -0.3 is 15.0 Å². The van der Waals surface area contributed by atoms with Gasteiger partial charge in [-0.15, -0.1) is 0 Å². The highest BCUT2D eigenvalue weighted by Crippen LogP contribution is 2.39. The van der Waals surface area contributed by atoms with E-state index in [1.807, 2.05) is 0 Å². The summed E-state index contributed by atoms with van der Waals surface area (Å²) in [7, 11) is 1.68. The van der Waals surface area contributed by atoms with E-state index in [2.05, 4.69) is 5.32 Å². The third-order valence-corrected chi connectivity index (χ3v) is 5.34. The fourth-order valence-electron chi connectivity index (χ4n) is 3.90. The molecule has 1 aliphatic carbocycles. The van der Waals surface area contributed by atoms with Gasteiger partial charge in [0.1, 0.15) is 12.1 Å². The third-order valence-electron chi connectivity index (χ3n) is 5.34. The lowest BCUT2D eigenvalue weighted by molar-refractivity contribution is -0.137. The van der Waals surface area contributed by atoms with E-state index < -0.39 is 5.54 Å². The highest BCUT2D eigenvalue weighted by Gasteiger charge is 2.55. The summed E-state index contributed by atoms with van der Waals surface area (Å²) in [6.45, 7) is 0.976. The first-order valence-electron chi connectivity index (χ1n) is 8.53. The Morgan fingerprint density at radius 2 is 2.00 bits per heavy atom. The molecule has 1 saturated carbocycles. The molecule has 3 aliphatic rings. The first kappa shape index (κ1) is 16.2. The second-order valence-electron chi connectivity index (χ2n) is 6.76. The van der Waals surface area contributed by atoms with Crippen LogP contribution >= 0.6 is 0 Å². The van der Waals surface area contributed by atoms with E-state index in [4.69, 9.17) is 4.74 Å². The molecule has 4 amide bonds. The fraction of sp³-hybridized carbons (Fsp3) is 0.812. The van der Waals surface area contributed by atoms with Crippen molar-refractivity contribution in [1.29, 1.82) is 0 Å². The SMILES string of the molecule is CN1C(=O)N(CC(=O)NC[C@@H]2CCCO2)C(=O)C12CCCCC2. The lowest BCUT2D eigenvalue weighted by Gasteiger charge is -2.35. The minimum Gasteiger partial charge on any atom is -0.376 e. The number of amides is 4. The van der Waals surface area contributed by atoms with Crippen LogP contribution in [0.15, 0.2) is 0 Å². The van der Waals surface area contributed by atoms with Gasteiger partial charge in [0, 0.05) is 20.2 Å².